The number of aromatic nitrogens is 2. The molecule has 1 rings (SSSR count). The van der Waals surface area contributed by atoms with Gasteiger partial charge in [0.2, 0.25) is 5.95 Å². The van der Waals surface area contributed by atoms with Gasteiger partial charge in [-0.15, -0.1) is 0 Å². The minimum absolute atomic E-state index is 0.203. The van der Waals surface area contributed by atoms with E-state index in [2.05, 4.69) is 9.97 Å². The van der Waals surface area contributed by atoms with Gasteiger partial charge in [0.15, 0.2) is 0 Å². The van der Waals surface area contributed by atoms with Crippen LogP contribution in [0.5, 0.6) is 0 Å². The Morgan fingerprint density at radius 2 is 1.67 bits per heavy atom. The van der Waals surface area contributed by atoms with Crippen molar-refractivity contribution in [2.24, 2.45) is 0 Å². The molecule has 0 saturated heterocycles. The van der Waals surface area contributed by atoms with E-state index in [4.69, 9.17) is 10.2 Å². The molecule has 96 valence electrons. The van der Waals surface area contributed by atoms with Crippen molar-refractivity contribution in [2.75, 3.05) is 18.0 Å². The van der Waals surface area contributed by atoms with Crippen molar-refractivity contribution < 1.29 is 24.7 Å². The SMILES string of the molecule is O=C(O)CN(CC(=O)O)c1ncc([N+](=O)[O-])cn1. The van der Waals surface area contributed by atoms with Gasteiger partial charge in [-0.25, -0.2) is 9.97 Å². The number of anilines is 1. The van der Waals surface area contributed by atoms with Gasteiger partial charge in [0.05, 0.1) is 4.92 Å². The van der Waals surface area contributed by atoms with E-state index < -0.39 is 30.0 Å². The Labute approximate surface area is 99.7 Å². The van der Waals surface area contributed by atoms with Crippen LogP contribution in [-0.4, -0.2) is 50.1 Å². The molecule has 10 nitrogen and oxygen atoms in total. The molecule has 0 bridgehead atoms. The average molecular weight is 256 g/mol. The highest BCUT2D eigenvalue weighted by Crippen LogP contribution is 2.11. The van der Waals surface area contributed by atoms with Crippen LogP contribution >= 0.6 is 0 Å². The van der Waals surface area contributed by atoms with Crippen molar-refractivity contribution in [1.82, 2.24) is 9.97 Å². The lowest BCUT2D eigenvalue weighted by atomic mass is 10.4. The van der Waals surface area contributed by atoms with Crippen LogP contribution in [-0.2, 0) is 9.59 Å². The maximum atomic E-state index is 10.5. The van der Waals surface area contributed by atoms with E-state index in [1.807, 2.05) is 0 Å². The highest BCUT2D eigenvalue weighted by atomic mass is 16.6. The van der Waals surface area contributed by atoms with E-state index in [1.165, 1.54) is 0 Å². The van der Waals surface area contributed by atoms with Gasteiger partial charge in [0.25, 0.3) is 0 Å². The minimum atomic E-state index is -1.27. The molecule has 0 spiro atoms. The fraction of sp³-hybridized carbons (Fsp3) is 0.250. The molecule has 2 N–H and O–H groups in total. The fourth-order valence-corrected chi connectivity index (χ4v) is 1.10. The average Bonchev–Trinajstić information content (AvgIpc) is 2.27. The Bertz CT molecular complexity index is 457. The molecule has 1 aromatic rings. The topological polar surface area (TPSA) is 147 Å². The predicted molar refractivity (Wildman–Crippen MR) is 56.2 cm³/mol. The number of carboxylic acids is 2. The standard InChI is InChI=1S/C8H8N4O6/c13-6(14)3-11(4-7(15)16)8-9-1-5(2-10-8)12(17)18/h1-2H,3-4H2,(H,13,14)(H,15,16). The van der Waals surface area contributed by atoms with Crippen LogP contribution in [0.2, 0.25) is 0 Å². The van der Waals surface area contributed by atoms with Crippen LogP contribution < -0.4 is 4.90 Å². The van der Waals surface area contributed by atoms with Crippen molar-refractivity contribution in [3.63, 3.8) is 0 Å². The van der Waals surface area contributed by atoms with Crippen molar-refractivity contribution >= 4 is 23.6 Å². The smallest absolute Gasteiger partial charge is 0.323 e. The Kier molecular flexibility index (Phi) is 4.07. The number of nitro groups is 1. The number of hydrogen-bond acceptors (Lipinski definition) is 7. The third-order valence-electron chi connectivity index (χ3n) is 1.77. The van der Waals surface area contributed by atoms with Crippen LogP contribution in [0.15, 0.2) is 12.4 Å². The summed E-state index contributed by atoms with van der Waals surface area (Å²) in [5, 5.41) is 27.6. The van der Waals surface area contributed by atoms with E-state index in [9.17, 15) is 19.7 Å². The summed E-state index contributed by atoms with van der Waals surface area (Å²) in [7, 11) is 0. The van der Waals surface area contributed by atoms with Crippen molar-refractivity contribution in [3.8, 4) is 0 Å². The highest BCUT2D eigenvalue weighted by molar-refractivity contribution is 5.78. The Balaban J connectivity index is 2.93. The molecule has 0 amide bonds. The Morgan fingerprint density at radius 3 is 2.00 bits per heavy atom. The van der Waals surface area contributed by atoms with Gasteiger partial charge in [-0.2, -0.15) is 0 Å². The quantitative estimate of drug-likeness (QED) is 0.500. The first-order valence-corrected chi connectivity index (χ1v) is 4.55. The summed E-state index contributed by atoms with van der Waals surface area (Å²) in [4.78, 5) is 38.7. The first-order chi connectivity index (χ1) is 8.40. The third-order valence-corrected chi connectivity index (χ3v) is 1.77. The fourth-order valence-electron chi connectivity index (χ4n) is 1.10. The molecule has 1 heterocycles. The molecule has 0 unspecified atom stereocenters. The number of hydrogen-bond donors (Lipinski definition) is 2. The third kappa shape index (κ3) is 3.66. The molecule has 18 heavy (non-hydrogen) atoms. The van der Waals surface area contributed by atoms with Gasteiger partial charge >= 0.3 is 17.6 Å². The molecule has 0 atom stereocenters. The molecule has 0 radical (unpaired) electrons. The second-order valence-electron chi connectivity index (χ2n) is 3.14. The predicted octanol–water partition coefficient (Wildman–Crippen LogP) is -0.640. The van der Waals surface area contributed by atoms with Crippen molar-refractivity contribution in [1.29, 1.82) is 0 Å². The van der Waals surface area contributed by atoms with Crippen LogP contribution in [0.25, 0.3) is 0 Å². The molecule has 0 aromatic carbocycles. The number of carbonyl (C=O) groups is 2. The number of aliphatic carboxylic acids is 2. The molecule has 1 aromatic heterocycles. The molecule has 10 heteroatoms. The van der Waals surface area contributed by atoms with Crippen LogP contribution in [0.4, 0.5) is 11.6 Å². The Hall–Kier alpha value is -2.78. The zero-order valence-corrected chi connectivity index (χ0v) is 8.89. The zero-order chi connectivity index (χ0) is 13.7. The monoisotopic (exact) mass is 256 g/mol. The molecular formula is C8H8N4O6. The van der Waals surface area contributed by atoms with E-state index in [1.54, 1.807) is 0 Å². The van der Waals surface area contributed by atoms with Crippen molar-refractivity contribution in [3.05, 3.63) is 22.5 Å². The lowest BCUT2D eigenvalue weighted by Crippen LogP contribution is -2.35. The zero-order valence-electron chi connectivity index (χ0n) is 8.89. The van der Waals surface area contributed by atoms with E-state index in [0.29, 0.717) is 0 Å². The normalized spacial score (nSPS) is 9.78. The van der Waals surface area contributed by atoms with Gasteiger partial charge < -0.3 is 15.1 Å². The van der Waals surface area contributed by atoms with Gasteiger partial charge in [0, 0.05) is 0 Å². The van der Waals surface area contributed by atoms with Crippen LogP contribution in [0.1, 0.15) is 0 Å². The van der Waals surface area contributed by atoms with Crippen molar-refractivity contribution in [2.45, 2.75) is 0 Å². The second-order valence-corrected chi connectivity index (χ2v) is 3.14. The Morgan fingerprint density at radius 1 is 1.22 bits per heavy atom. The summed E-state index contributed by atoms with van der Waals surface area (Å²) in [6, 6.07) is 0. The summed E-state index contributed by atoms with van der Waals surface area (Å²) >= 11 is 0. The minimum Gasteiger partial charge on any atom is -0.480 e. The molecule has 0 saturated carbocycles. The molecule has 0 aliphatic heterocycles. The molecule has 0 aliphatic rings. The van der Waals surface area contributed by atoms with E-state index >= 15 is 0 Å². The maximum absolute atomic E-state index is 10.5. The molecule has 0 aliphatic carbocycles. The second kappa shape index (κ2) is 5.52. The lowest BCUT2D eigenvalue weighted by molar-refractivity contribution is -0.385. The first-order valence-electron chi connectivity index (χ1n) is 4.55. The molecule has 0 fully saturated rings. The summed E-state index contributed by atoms with van der Waals surface area (Å²) in [5.41, 5.74) is -0.371. The number of carboxylic acid groups (broad SMARTS) is 2. The summed E-state index contributed by atoms with van der Waals surface area (Å²) in [5.74, 6) is -2.73. The first kappa shape index (κ1) is 13.3. The van der Waals surface area contributed by atoms with Gasteiger partial charge in [0.1, 0.15) is 25.5 Å². The summed E-state index contributed by atoms with van der Waals surface area (Å²) in [6.45, 7) is -1.24. The maximum Gasteiger partial charge on any atom is 0.323 e. The van der Waals surface area contributed by atoms with Gasteiger partial charge in [-0.3, -0.25) is 19.7 Å². The summed E-state index contributed by atoms with van der Waals surface area (Å²) in [6.07, 6.45) is 1.75. The largest absolute Gasteiger partial charge is 0.480 e. The number of rotatable bonds is 6. The van der Waals surface area contributed by atoms with E-state index in [0.717, 1.165) is 17.3 Å². The highest BCUT2D eigenvalue weighted by Gasteiger charge is 2.17. The number of nitrogens with zero attached hydrogens (tertiary/aromatic N) is 4. The lowest BCUT2D eigenvalue weighted by Gasteiger charge is -2.17. The van der Waals surface area contributed by atoms with Gasteiger partial charge in [-0.1, -0.05) is 0 Å². The van der Waals surface area contributed by atoms with Gasteiger partial charge in [-0.05, 0) is 0 Å². The van der Waals surface area contributed by atoms with Crippen LogP contribution in [0, 0.1) is 10.1 Å². The van der Waals surface area contributed by atoms with Crippen LogP contribution in [0.3, 0.4) is 0 Å². The molecular weight excluding hydrogens is 248 g/mol. The van der Waals surface area contributed by atoms with E-state index in [-0.39, 0.29) is 11.6 Å². The summed E-state index contributed by atoms with van der Waals surface area (Å²) < 4.78 is 0.